The molecular weight excluding hydrogens is 350 g/mol. The predicted molar refractivity (Wildman–Crippen MR) is 108 cm³/mol. The van der Waals surface area contributed by atoms with Crippen molar-refractivity contribution in [1.29, 1.82) is 0 Å². The van der Waals surface area contributed by atoms with Gasteiger partial charge in [0.05, 0.1) is 17.8 Å². The van der Waals surface area contributed by atoms with Crippen molar-refractivity contribution in [3.63, 3.8) is 0 Å². The van der Waals surface area contributed by atoms with Crippen LogP contribution in [-0.2, 0) is 28.9 Å². The molecule has 0 saturated carbocycles. The molecule has 3 N–H and O–H groups in total. The molecule has 144 valence electrons. The topological polar surface area (TPSA) is 75.4 Å². The second kappa shape index (κ2) is 6.74. The average molecular weight is 375 g/mol. The van der Waals surface area contributed by atoms with Crippen molar-refractivity contribution in [2.45, 2.75) is 56.7 Å². The average Bonchev–Trinajstić information content (AvgIpc) is 3.06. The SMILES string of the molecule is N[C@H]1CCc2cccc3c2N(C1=O)[C@H](C(=O)N[C@@H]1CCCc2ccccc21)C3. The molecule has 2 heterocycles. The summed E-state index contributed by atoms with van der Waals surface area (Å²) < 4.78 is 0. The van der Waals surface area contributed by atoms with E-state index in [2.05, 4.69) is 29.6 Å². The number of hydrogen-bond acceptors (Lipinski definition) is 3. The fourth-order valence-corrected chi connectivity index (χ4v) is 5.03. The van der Waals surface area contributed by atoms with E-state index in [1.165, 1.54) is 11.1 Å². The van der Waals surface area contributed by atoms with Crippen LogP contribution in [0.25, 0.3) is 0 Å². The number of aryl methyl sites for hydroxylation is 2. The zero-order valence-corrected chi connectivity index (χ0v) is 15.9. The van der Waals surface area contributed by atoms with E-state index in [0.29, 0.717) is 12.8 Å². The fraction of sp³-hybridized carbons (Fsp3) is 0.391. The molecule has 2 aromatic carbocycles. The Morgan fingerprint density at radius 3 is 2.68 bits per heavy atom. The van der Waals surface area contributed by atoms with Crippen LogP contribution < -0.4 is 16.0 Å². The summed E-state index contributed by atoms with van der Waals surface area (Å²) in [6.07, 6.45) is 5.00. The first kappa shape index (κ1) is 17.4. The van der Waals surface area contributed by atoms with E-state index in [-0.39, 0.29) is 17.9 Å². The number of nitrogens with zero attached hydrogens (tertiary/aromatic N) is 1. The number of rotatable bonds is 2. The van der Waals surface area contributed by atoms with Gasteiger partial charge in [-0.3, -0.25) is 14.5 Å². The van der Waals surface area contributed by atoms with Crippen LogP contribution in [0.4, 0.5) is 5.69 Å². The quantitative estimate of drug-likeness (QED) is 0.846. The Morgan fingerprint density at radius 1 is 1.00 bits per heavy atom. The highest BCUT2D eigenvalue weighted by molar-refractivity contribution is 6.06. The van der Waals surface area contributed by atoms with Gasteiger partial charge in [-0.1, -0.05) is 42.5 Å². The summed E-state index contributed by atoms with van der Waals surface area (Å²) in [5.74, 6) is -0.209. The van der Waals surface area contributed by atoms with Gasteiger partial charge in [0.1, 0.15) is 6.04 Å². The van der Waals surface area contributed by atoms with Gasteiger partial charge in [0, 0.05) is 6.42 Å². The number of carbonyl (C=O) groups is 2. The van der Waals surface area contributed by atoms with Crippen LogP contribution >= 0.6 is 0 Å². The van der Waals surface area contributed by atoms with Gasteiger partial charge in [0.15, 0.2) is 0 Å². The van der Waals surface area contributed by atoms with E-state index in [1.54, 1.807) is 4.90 Å². The number of anilines is 1. The van der Waals surface area contributed by atoms with Gasteiger partial charge in [-0.05, 0) is 54.4 Å². The van der Waals surface area contributed by atoms with Crippen LogP contribution in [0.15, 0.2) is 42.5 Å². The number of benzene rings is 2. The van der Waals surface area contributed by atoms with Gasteiger partial charge in [-0.25, -0.2) is 0 Å². The highest BCUT2D eigenvalue weighted by Crippen LogP contribution is 2.39. The summed E-state index contributed by atoms with van der Waals surface area (Å²) in [4.78, 5) is 28.0. The first-order chi connectivity index (χ1) is 13.6. The number of hydrogen-bond donors (Lipinski definition) is 2. The highest BCUT2D eigenvalue weighted by atomic mass is 16.2. The molecule has 2 aromatic rings. The Morgan fingerprint density at radius 2 is 1.79 bits per heavy atom. The molecule has 0 radical (unpaired) electrons. The number of amides is 2. The summed E-state index contributed by atoms with van der Waals surface area (Å²) in [7, 11) is 0. The number of para-hydroxylation sites is 1. The standard InChI is InChI=1S/C23H25N3O2/c24-18-12-11-15-7-3-8-16-13-20(26(21(15)16)23(18)28)22(27)25-19-10-4-6-14-5-1-2-9-17(14)19/h1-3,5,7-9,18-20H,4,6,10-13,24H2,(H,25,27)/t18-,19+,20-/m0/s1. The molecule has 0 fully saturated rings. The second-order valence-electron chi connectivity index (χ2n) is 8.15. The van der Waals surface area contributed by atoms with Crippen LogP contribution in [0.3, 0.4) is 0 Å². The smallest absolute Gasteiger partial charge is 0.244 e. The predicted octanol–water partition coefficient (Wildman–Crippen LogP) is 2.41. The minimum atomic E-state index is -0.552. The Labute approximate surface area is 164 Å². The van der Waals surface area contributed by atoms with Crippen molar-refractivity contribution in [2.75, 3.05) is 4.90 Å². The molecule has 3 aliphatic rings. The molecule has 5 rings (SSSR count). The molecule has 5 nitrogen and oxygen atoms in total. The lowest BCUT2D eigenvalue weighted by Gasteiger charge is -2.30. The van der Waals surface area contributed by atoms with Crippen molar-refractivity contribution in [3.8, 4) is 0 Å². The Kier molecular flexibility index (Phi) is 4.20. The van der Waals surface area contributed by atoms with Gasteiger partial charge in [0.2, 0.25) is 11.8 Å². The molecule has 0 saturated heterocycles. The van der Waals surface area contributed by atoms with Gasteiger partial charge < -0.3 is 11.1 Å². The Balaban J connectivity index is 1.45. The van der Waals surface area contributed by atoms with E-state index < -0.39 is 12.1 Å². The zero-order chi connectivity index (χ0) is 19.3. The van der Waals surface area contributed by atoms with Crippen molar-refractivity contribution < 1.29 is 9.59 Å². The van der Waals surface area contributed by atoms with Gasteiger partial charge in [-0.15, -0.1) is 0 Å². The summed E-state index contributed by atoms with van der Waals surface area (Å²) in [6.45, 7) is 0. The van der Waals surface area contributed by atoms with Crippen molar-refractivity contribution in [3.05, 3.63) is 64.7 Å². The molecular formula is C23H25N3O2. The number of carbonyl (C=O) groups excluding carboxylic acids is 2. The molecule has 1 aliphatic carbocycles. The van der Waals surface area contributed by atoms with Crippen molar-refractivity contribution in [2.24, 2.45) is 5.73 Å². The molecule has 0 aromatic heterocycles. The van der Waals surface area contributed by atoms with Gasteiger partial charge in [-0.2, -0.15) is 0 Å². The third kappa shape index (κ3) is 2.73. The molecule has 2 amide bonds. The van der Waals surface area contributed by atoms with Crippen LogP contribution in [0.2, 0.25) is 0 Å². The van der Waals surface area contributed by atoms with E-state index in [9.17, 15) is 9.59 Å². The zero-order valence-electron chi connectivity index (χ0n) is 15.9. The van der Waals surface area contributed by atoms with E-state index in [4.69, 9.17) is 5.73 Å². The van der Waals surface area contributed by atoms with E-state index >= 15 is 0 Å². The minimum absolute atomic E-state index is 0.0105. The lowest BCUT2D eigenvalue weighted by molar-refractivity contribution is -0.127. The lowest BCUT2D eigenvalue weighted by Crippen LogP contribution is -2.53. The highest BCUT2D eigenvalue weighted by Gasteiger charge is 2.43. The minimum Gasteiger partial charge on any atom is -0.347 e. The first-order valence-corrected chi connectivity index (χ1v) is 10.2. The maximum Gasteiger partial charge on any atom is 0.244 e. The molecule has 28 heavy (non-hydrogen) atoms. The van der Waals surface area contributed by atoms with Crippen LogP contribution in [0, 0.1) is 0 Å². The van der Waals surface area contributed by atoms with Crippen LogP contribution in [-0.4, -0.2) is 23.9 Å². The van der Waals surface area contributed by atoms with Crippen LogP contribution in [0.5, 0.6) is 0 Å². The Hall–Kier alpha value is -2.66. The summed E-state index contributed by atoms with van der Waals surface area (Å²) in [6, 6.07) is 13.4. The summed E-state index contributed by atoms with van der Waals surface area (Å²) in [5, 5.41) is 3.24. The van der Waals surface area contributed by atoms with E-state index in [0.717, 1.165) is 42.5 Å². The fourth-order valence-electron chi connectivity index (χ4n) is 5.03. The molecule has 0 spiro atoms. The second-order valence-corrected chi connectivity index (χ2v) is 8.15. The molecule has 0 bridgehead atoms. The molecule has 5 heteroatoms. The maximum atomic E-state index is 13.3. The molecule has 0 unspecified atom stereocenters. The third-order valence-electron chi connectivity index (χ3n) is 6.44. The third-order valence-corrected chi connectivity index (χ3v) is 6.44. The maximum absolute atomic E-state index is 13.3. The summed E-state index contributed by atoms with van der Waals surface area (Å²) >= 11 is 0. The lowest BCUT2D eigenvalue weighted by atomic mass is 9.87. The Bertz CT molecular complexity index is 955. The van der Waals surface area contributed by atoms with Crippen molar-refractivity contribution in [1.82, 2.24) is 5.32 Å². The van der Waals surface area contributed by atoms with Crippen molar-refractivity contribution >= 4 is 17.5 Å². The molecule has 3 atom stereocenters. The normalized spacial score (nSPS) is 25.7. The number of nitrogens with two attached hydrogens (primary N) is 1. The summed E-state index contributed by atoms with van der Waals surface area (Å²) in [5.41, 5.74) is 11.8. The first-order valence-electron chi connectivity index (χ1n) is 10.2. The van der Waals surface area contributed by atoms with E-state index in [1.807, 2.05) is 18.2 Å². The number of fused-ring (bicyclic) bond motifs is 1. The number of nitrogens with one attached hydrogen (secondary N) is 1. The van der Waals surface area contributed by atoms with Crippen LogP contribution in [0.1, 0.15) is 47.6 Å². The largest absolute Gasteiger partial charge is 0.347 e. The van der Waals surface area contributed by atoms with Gasteiger partial charge in [0.25, 0.3) is 0 Å². The molecule has 2 aliphatic heterocycles. The monoisotopic (exact) mass is 375 g/mol. The van der Waals surface area contributed by atoms with Gasteiger partial charge >= 0.3 is 0 Å².